The standard InChI is InChI=1S/C21H29OP/c1-2-21(18-12-6-3-7-13-18)23(22,19-14-8-4-9-15-19)20-16-10-5-11-17-20/h3,6-7,12-13,19-20H,1,4-5,8-11,14-17H2. The van der Waals surface area contributed by atoms with Gasteiger partial charge in [-0.3, -0.25) is 0 Å². The van der Waals surface area contributed by atoms with Gasteiger partial charge in [-0.2, -0.15) is 0 Å². The van der Waals surface area contributed by atoms with Crippen molar-refractivity contribution < 1.29 is 4.57 Å². The van der Waals surface area contributed by atoms with Gasteiger partial charge in [0.15, 0.2) is 0 Å². The number of rotatable bonds is 4. The molecule has 0 heterocycles. The number of benzene rings is 1. The van der Waals surface area contributed by atoms with Gasteiger partial charge in [-0.25, -0.2) is 0 Å². The van der Waals surface area contributed by atoms with Crippen LogP contribution in [0, 0.1) is 0 Å². The fourth-order valence-corrected chi connectivity index (χ4v) is 9.01. The van der Waals surface area contributed by atoms with E-state index in [-0.39, 0.29) is 0 Å². The predicted octanol–water partition coefficient (Wildman–Crippen LogP) is 6.84. The van der Waals surface area contributed by atoms with E-state index in [1.807, 2.05) is 18.2 Å². The van der Waals surface area contributed by atoms with Crippen LogP contribution in [0.3, 0.4) is 0 Å². The third kappa shape index (κ3) is 3.42. The first-order valence-corrected chi connectivity index (χ1v) is 11.2. The summed E-state index contributed by atoms with van der Waals surface area (Å²) in [5, 5.41) is 0.955. The van der Waals surface area contributed by atoms with Crippen molar-refractivity contribution in [1.29, 1.82) is 0 Å². The van der Waals surface area contributed by atoms with Gasteiger partial charge in [0.05, 0.1) is 5.31 Å². The minimum Gasteiger partial charge on any atom is -0.317 e. The smallest absolute Gasteiger partial charge is 0.129 e. The van der Waals surface area contributed by atoms with Crippen molar-refractivity contribution in [2.24, 2.45) is 0 Å². The van der Waals surface area contributed by atoms with Crippen LogP contribution in [0.2, 0.25) is 0 Å². The fraction of sp³-hybridized carbons (Fsp3) is 0.571. The first-order chi connectivity index (χ1) is 11.3. The Bertz CT molecular complexity index is 578. The maximum absolute atomic E-state index is 14.5. The van der Waals surface area contributed by atoms with Crippen LogP contribution in [0.15, 0.2) is 42.6 Å². The highest BCUT2D eigenvalue weighted by Crippen LogP contribution is 2.70. The molecule has 2 saturated carbocycles. The van der Waals surface area contributed by atoms with E-state index in [1.54, 1.807) is 0 Å². The summed E-state index contributed by atoms with van der Waals surface area (Å²) >= 11 is 0. The van der Waals surface area contributed by atoms with E-state index in [4.69, 9.17) is 0 Å². The highest BCUT2D eigenvalue weighted by atomic mass is 31.2. The highest BCUT2D eigenvalue weighted by Gasteiger charge is 2.44. The Kier molecular flexibility index (Phi) is 5.62. The summed E-state index contributed by atoms with van der Waals surface area (Å²) in [7, 11) is -2.46. The maximum atomic E-state index is 14.5. The first-order valence-electron chi connectivity index (χ1n) is 9.32. The third-order valence-electron chi connectivity index (χ3n) is 5.80. The molecule has 2 fully saturated rings. The maximum Gasteiger partial charge on any atom is 0.129 e. The van der Waals surface area contributed by atoms with E-state index in [2.05, 4.69) is 24.4 Å². The largest absolute Gasteiger partial charge is 0.317 e. The lowest BCUT2D eigenvalue weighted by Crippen LogP contribution is -2.24. The quantitative estimate of drug-likeness (QED) is 0.437. The molecule has 0 N–H and O–H groups in total. The molecule has 2 aliphatic carbocycles. The van der Waals surface area contributed by atoms with Crippen molar-refractivity contribution in [1.82, 2.24) is 0 Å². The van der Waals surface area contributed by atoms with Crippen LogP contribution in [-0.4, -0.2) is 11.3 Å². The zero-order valence-electron chi connectivity index (χ0n) is 14.2. The Hall–Kier alpha value is -1.03. The molecule has 124 valence electrons. The van der Waals surface area contributed by atoms with Gasteiger partial charge in [-0.15, -0.1) is 5.73 Å². The second-order valence-electron chi connectivity index (χ2n) is 7.18. The zero-order chi connectivity index (χ0) is 16.1. The van der Waals surface area contributed by atoms with E-state index >= 15 is 0 Å². The minimum atomic E-state index is -2.46. The summed E-state index contributed by atoms with van der Waals surface area (Å²) in [6.07, 6.45) is 12.1. The van der Waals surface area contributed by atoms with Crippen molar-refractivity contribution in [2.45, 2.75) is 75.5 Å². The fourth-order valence-electron chi connectivity index (χ4n) is 4.62. The lowest BCUT2D eigenvalue weighted by molar-refractivity contribution is 0.453. The molecule has 0 bridgehead atoms. The SMILES string of the molecule is C=C=C(c1ccccc1)P(=O)(C1CCCCC1)C1CCCCC1. The summed E-state index contributed by atoms with van der Waals surface area (Å²) < 4.78 is 14.5. The van der Waals surface area contributed by atoms with Gasteiger partial charge in [0.2, 0.25) is 0 Å². The molecular formula is C21H29OP. The lowest BCUT2D eigenvalue weighted by atomic mass is 9.99. The lowest BCUT2D eigenvalue weighted by Gasteiger charge is -2.39. The molecule has 0 radical (unpaired) electrons. The van der Waals surface area contributed by atoms with Crippen LogP contribution in [-0.2, 0) is 4.57 Å². The Morgan fingerprint density at radius 2 is 1.35 bits per heavy atom. The van der Waals surface area contributed by atoms with Gasteiger partial charge in [0, 0.05) is 11.3 Å². The molecule has 0 saturated heterocycles. The molecule has 0 atom stereocenters. The molecule has 1 aromatic carbocycles. The summed E-state index contributed by atoms with van der Waals surface area (Å²) in [6.45, 7) is 3.96. The summed E-state index contributed by atoms with van der Waals surface area (Å²) in [5.74, 6) is 0. The third-order valence-corrected chi connectivity index (χ3v) is 10.1. The van der Waals surface area contributed by atoms with E-state index < -0.39 is 7.14 Å². The summed E-state index contributed by atoms with van der Waals surface area (Å²) in [5.41, 5.74) is 4.97. The van der Waals surface area contributed by atoms with E-state index in [0.29, 0.717) is 11.3 Å². The second-order valence-corrected chi connectivity index (χ2v) is 10.5. The minimum absolute atomic E-state index is 0.365. The molecule has 0 aliphatic heterocycles. The average molecular weight is 328 g/mol. The van der Waals surface area contributed by atoms with Crippen molar-refractivity contribution in [3.05, 3.63) is 48.2 Å². The van der Waals surface area contributed by atoms with E-state index in [0.717, 1.165) is 36.6 Å². The van der Waals surface area contributed by atoms with Gasteiger partial charge in [-0.1, -0.05) is 75.4 Å². The predicted molar refractivity (Wildman–Crippen MR) is 100 cm³/mol. The molecule has 2 aliphatic rings. The van der Waals surface area contributed by atoms with Gasteiger partial charge in [-0.05, 0) is 31.2 Å². The molecule has 0 unspecified atom stereocenters. The van der Waals surface area contributed by atoms with Crippen molar-refractivity contribution in [3.8, 4) is 0 Å². The average Bonchev–Trinajstić information content (AvgIpc) is 2.64. The van der Waals surface area contributed by atoms with Crippen molar-refractivity contribution in [3.63, 3.8) is 0 Å². The van der Waals surface area contributed by atoms with Crippen LogP contribution in [0.1, 0.15) is 69.8 Å². The number of hydrogen-bond donors (Lipinski definition) is 0. The molecule has 1 aromatic rings. The topological polar surface area (TPSA) is 17.1 Å². The Morgan fingerprint density at radius 3 is 1.78 bits per heavy atom. The van der Waals surface area contributed by atoms with Gasteiger partial charge < -0.3 is 4.57 Å². The highest BCUT2D eigenvalue weighted by molar-refractivity contribution is 7.75. The van der Waals surface area contributed by atoms with Gasteiger partial charge >= 0.3 is 0 Å². The zero-order valence-corrected chi connectivity index (χ0v) is 15.1. The van der Waals surface area contributed by atoms with Crippen LogP contribution >= 0.6 is 7.14 Å². The molecule has 0 amide bonds. The molecule has 2 heteroatoms. The van der Waals surface area contributed by atoms with Crippen LogP contribution in [0.25, 0.3) is 5.31 Å². The van der Waals surface area contributed by atoms with Crippen LogP contribution in [0.5, 0.6) is 0 Å². The first kappa shape index (κ1) is 16.8. The second kappa shape index (κ2) is 7.69. The Balaban J connectivity index is 2.03. The van der Waals surface area contributed by atoms with Crippen molar-refractivity contribution >= 4 is 12.5 Å². The molecule has 0 spiro atoms. The number of hydrogen-bond acceptors (Lipinski definition) is 1. The van der Waals surface area contributed by atoms with E-state index in [1.165, 1.54) is 38.5 Å². The Morgan fingerprint density at radius 1 is 0.870 bits per heavy atom. The van der Waals surface area contributed by atoms with Gasteiger partial charge in [0.1, 0.15) is 7.14 Å². The van der Waals surface area contributed by atoms with Crippen molar-refractivity contribution in [2.75, 3.05) is 0 Å². The normalized spacial score (nSPS) is 20.9. The monoisotopic (exact) mass is 328 g/mol. The van der Waals surface area contributed by atoms with E-state index in [9.17, 15) is 4.57 Å². The molecule has 23 heavy (non-hydrogen) atoms. The molecule has 3 rings (SSSR count). The summed E-state index contributed by atoms with van der Waals surface area (Å²) in [6, 6.07) is 10.3. The molecular weight excluding hydrogens is 299 g/mol. The summed E-state index contributed by atoms with van der Waals surface area (Å²) in [4.78, 5) is 0. The van der Waals surface area contributed by atoms with Gasteiger partial charge in [0.25, 0.3) is 0 Å². The van der Waals surface area contributed by atoms with Crippen LogP contribution in [0.4, 0.5) is 0 Å². The molecule has 0 aromatic heterocycles. The molecule has 1 nitrogen and oxygen atoms in total. The Labute approximate surface area is 141 Å². The van der Waals surface area contributed by atoms with Crippen LogP contribution < -0.4 is 0 Å².